The van der Waals surface area contributed by atoms with Crippen LogP contribution in [0.4, 0.5) is 0 Å². The van der Waals surface area contributed by atoms with Crippen LogP contribution < -0.4 is 16.0 Å². The first-order chi connectivity index (χ1) is 26.9. The van der Waals surface area contributed by atoms with E-state index in [1.165, 1.54) is 44.9 Å². The molecule has 0 aromatic heterocycles. The van der Waals surface area contributed by atoms with Crippen molar-refractivity contribution in [3.8, 4) is 0 Å². The van der Waals surface area contributed by atoms with Gasteiger partial charge in [0, 0.05) is 53.6 Å². The molecule has 6 atom stereocenters. The molecule has 3 amide bonds. The van der Waals surface area contributed by atoms with Gasteiger partial charge in [-0.15, -0.1) is 0 Å². The van der Waals surface area contributed by atoms with Crippen molar-refractivity contribution in [2.45, 2.75) is 161 Å². The number of hydrogen-bond acceptors (Lipinski definition) is 15. The predicted octanol–water partition coefficient (Wildman–Crippen LogP) is 2.17. The summed E-state index contributed by atoms with van der Waals surface area (Å²) < 4.78 is 63.8. The van der Waals surface area contributed by atoms with E-state index in [2.05, 4.69) is 22.9 Å². The number of unbranched alkanes of at least 4 members (excludes halogenated alkanes) is 11. The molecule has 0 aromatic rings. The van der Waals surface area contributed by atoms with E-state index in [1.54, 1.807) is 0 Å². The van der Waals surface area contributed by atoms with Gasteiger partial charge in [0.25, 0.3) is 10.1 Å². The lowest BCUT2D eigenvalue weighted by molar-refractivity contribution is -0.308. The molecule has 1 saturated heterocycles. The van der Waals surface area contributed by atoms with Gasteiger partial charge in [0.1, 0.15) is 18.8 Å². The molecule has 57 heavy (non-hydrogen) atoms. The Hall–Kier alpha value is -3.88. The lowest BCUT2D eigenvalue weighted by Crippen LogP contribution is -2.63. The van der Waals surface area contributed by atoms with Gasteiger partial charge in [-0.2, -0.15) is 8.42 Å². The van der Waals surface area contributed by atoms with Crippen LogP contribution in [0.15, 0.2) is 0 Å². The third-order valence-corrected chi connectivity index (χ3v) is 9.34. The van der Waals surface area contributed by atoms with Crippen LogP contribution in [-0.2, 0) is 72.1 Å². The summed E-state index contributed by atoms with van der Waals surface area (Å²) in [6, 6.07) is -1.40. The van der Waals surface area contributed by atoms with Gasteiger partial charge in [0.15, 0.2) is 24.6 Å². The van der Waals surface area contributed by atoms with Crippen molar-refractivity contribution in [3.05, 3.63) is 0 Å². The fourth-order valence-corrected chi connectivity index (χ4v) is 6.26. The van der Waals surface area contributed by atoms with Crippen LogP contribution in [0.25, 0.3) is 0 Å². The highest BCUT2D eigenvalue weighted by Gasteiger charge is 2.53. The minimum absolute atomic E-state index is 0.276. The van der Waals surface area contributed by atoms with Crippen LogP contribution in [0.3, 0.4) is 0 Å². The highest BCUT2D eigenvalue weighted by atomic mass is 32.2. The molecule has 19 nitrogen and oxygen atoms in total. The second kappa shape index (κ2) is 28.5. The number of hydrogen-bond donors (Lipinski definition) is 4. The van der Waals surface area contributed by atoms with Gasteiger partial charge in [0.05, 0.1) is 12.4 Å². The van der Waals surface area contributed by atoms with Crippen LogP contribution >= 0.6 is 0 Å². The highest BCUT2D eigenvalue weighted by Crippen LogP contribution is 2.30. The van der Waals surface area contributed by atoms with Crippen LogP contribution in [0, 0.1) is 0 Å². The molecule has 0 radical (unpaired) electrons. The Labute approximate surface area is 335 Å². The van der Waals surface area contributed by atoms with E-state index in [1.807, 2.05) is 0 Å². The fourth-order valence-electron chi connectivity index (χ4n) is 5.90. The van der Waals surface area contributed by atoms with Gasteiger partial charge in [-0.3, -0.25) is 38.1 Å². The van der Waals surface area contributed by atoms with E-state index >= 15 is 0 Å². The zero-order valence-electron chi connectivity index (χ0n) is 33.9. The van der Waals surface area contributed by atoms with Gasteiger partial charge in [-0.1, -0.05) is 77.6 Å². The van der Waals surface area contributed by atoms with E-state index in [4.69, 9.17) is 33.0 Å². The topological polar surface area (TPSA) is 265 Å². The molecule has 1 rings (SSSR count). The summed E-state index contributed by atoms with van der Waals surface area (Å²) in [5.41, 5.74) is 0. The predicted molar refractivity (Wildman–Crippen MR) is 203 cm³/mol. The molecule has 1 fully saturated rings. The zero-order chi connectivity index (χ0) is 42.8. The lowest BCUT2D eigenvalue weighted by atomic mass is 9.98. The molecular formula is C37H63N3O16S. The average Bonchev–Trinajstić information content (AvgIpc) is 3.11. The Morgan fingerprint density at radius 1 is 0.649 bits per heavy atom. The molecule has 328 valence electrons. The SMILES string of the molecule is CCCCCCCCCCCCCCNC(=O)C(CO[C@@H]1O[C@H](COC(C)=O)[C@H](OC(C)=O)[C@H](OC(C)=O)[C@H]1OC(C)=O)NC(=O)CCC(=O)NCCS(=O)(=O)O. The Bertz CT molecular complexity index is 1390. The van der Waals surface area contributed by atoms with E-state index < -0.39 is 114 Å². The van der Waals surface area contributed by atoms with Crippen molar-refractivity contribution in [2.24, 2.45) is 0 Å². The Morgan fingerprint density at radius 3 is 1.68 bits per heavy atom. The molecule has 4 N–H and O–H groups in total. The van der Waals surface area contributed by atoms with E-state index in [0.717, 1.165) is 53.4 Å². The van der Waals surface area contributed by atoms with Crippen molar-refractivity contribution < 1.29 is 75.0 Å². The Balaban J connectivity index is 3.06. The zero-order valence-corrected chi connectivity index (χ0v) is 34.7. The molecule has 1 unspecified atom stereocenters. The van der Waals surface area contributed by atoms with Gasteiger partial charge < -0.3 is 44.4 Å². The number of ether oxygens (including phenoxy) is 6. The highest BCUT2D eigenvalue weighted by molar-refractivity contribution is 7.85. The number of carbonyl (C=O) groups excluding carboxylic acids is 7. The molecule has 0 aromatic carbocycles. The van der Waals surface area contributed by atoms with E-state index in [9.17, 15) is 42.0 Å². The Morgan fingerprint density at radius 2 is 1.16 bits per heavy atom. The standard InChI is InChI=1S/C37H63N3O16S/c1-6-7-8-9-10-11-12-13-14-15-16-17-20-39-36(47)29(40-32(46)19-18-31(45)38-21-22-57(48,49)50)23-52-37-35(55-28(5)44)34(54-27(4)43)33(53-26(3)42)30(56-37)24-51-25(2)41/h29-30,33-35,37H,6-24H2,1-5H3,(H,38,45)(H,39,47)(H,40,46)(H,48,49,50)/t29?,30-,33+,34+,35-,37-/m1/s1. The molecule has 0 spiro atoms. The summed E-state index contributed by atoms with van der Waals surface area (Å²) in [6.07, 6.45) is 5.20. The average molecular weight is 838 g/mol. The number of rotatable bonds is 29. The summed E-state index contributed by atoms with van der Waals surface area (Å²) in [6.45, 7) is 5.28. The van der Waals surface area contributed by atoms with Crippen LogP contribution in [0.2, 0.25) is 0 Å². The summed E-state index contributed by atoms with van der Waals surface area (Å²) in [7, 11) is -4.31. The second-order valence-electron chi connectivity index (χ2n) is 13.8. The maximum absolute atomic E-state index is 13.4. The summed E-state index contributed by atoms with van der Waals surface area (Å²) in [4.78, 5) is 86.6. The van der Waals surface area contributed by atoms with Gasteiger partial charge in [-0.05, 0) is 6.42 Å². The maximum atomic E-state index is 13.4. The first-order valence-electron chi connectivity index (χ1n) is 19.6. The van der Waals surface area contributed by atoms with Crippen LogP contribution in [0.1, 0.15) is 125 Å². The largest absolute Gasteiger partial charge is 0.463 e. The number of esters is 4. The van der Waals surface area contributed by atoms with Crippen molar-refractivity contribution in [3.63, 3.8) is 0 Å². The van der Waals surface area contributed by atoms with Gasteiger partial charge >= 0.3 is 23.9 Å². The monoisotopic (exact) mass is 837 g/mol. The van der Waals surface area contributed by atoms with Crippen molar-refractivity contribution >= 4 is 51.7 Å². The molecule has 1 aliphatic heterocycles. The minimum atomic E-state index is -4.31. The normalized spacial score (nSPS) is 19.7. The first kappa shape index (κ1) is 51.1. The lowest BCUT2D eigenvalue weighted by Gasteiger charge is -2.44. The molecule has 1 aliphatic rings. The molecule has 0 bridgehead atoms. The summed E-state index contributed by atoms with van der Waals surface area (Å²) in [5, 5.41) is 7.52. The third-order valence-electron chi connectivity index (χ3n) is 8.62. The van der Waals surface area contributed by atoms with E-state index in [0.29, 0.717) is 6.42 Å². The molecule has 20 heteroatoms. The second-order valence-corrected chi connectivity index (χ2v) is 15.4. The smallest absolute Gasteiger partial charge is 0.303 e. The van der Waals surface area contributed by atoms with Crippen molar-refractivity contribution in [1.29, 1.82) is 0 Å². The van der Waals surface area contributed by atoms with Crippen LogP contribution in [-0.4, -0.2) is 123 Å². The van der Waals surface area contributed by atoms with Crippen molar-refractivity contribution in [1.82, 2.24) is 16.0 Å². The first-order valence-corrected chi connectivity index (χ1v) is 21.2. The molecular weight excluding hydrogens is 774 g/mol. The number of amides is 3. The molecule has 1 heterocycles. The quantitative estimate of drug-likeness (QED) is 0.0364. The minimum Gasteiger partial charge on any atom is -0.463 e. The molecule has 0 saturated carbocycles. The van der Waals surface area contributed by atoms with Crippen molar-refractivity contribution in [2.75, 3.05) is 32.1 Å². The summed E-state index contributed by atoms with van der Waals surface area (Å²) in [5.74, 6) is -6.08. The number of carbonyl (C=O) groups is 7. The fraction of sp³-hybridized carbons (Fsp3) is 0.811. The van der Waals surface area contributed by atoms with Gasteiger partial charge in [0.2, 0.25) is 17.7 Å². The van der Waals surface area contributed by atoms with E-state index in [-0.39, 0.29) is 19.5 Å². The third kappa shape index (κ3) is 24.5. The van der Waals surface area contributed by atoms with Crippen LogP contribution in [0.5, 0.6) is 0 Å². The van der Waals surface area contributed by atoms with Gasteiger partial charge in [-0.25, -0.2) is 0 Å². The molecule has 0 aliphatic carbocycles. The Kier molecular flexibility index (Phi) is 25.6. The number of nitrogens with one attached hydrogen (secondary N) is 3. The summed E-state index contributed by atoms with van der Waals surface area (Å²) >= 11 is 0. The maximum Gasteiger partial charge on any atom is 0.303 e.